The Balaban J connectivity index is 1.40. The quantitative estimate of drug-likeness (QED) is 0.147. The number of hydrogen-bond acceptors (Lipinski definition) is 3. The van der Waals surface area contributed by atoms with Crippen molar-refractivity contribution in [1.29, 1.82) is 5.26 Å². The molecule has 0 saturated heterocycles. The first-order chi connectivity index (χ1) is 26.9. The van der Waals surface area contributed by atoms with Crippen LogP contribution in [0.3, 0.4) is 0 Å². The highest BCUT2D eigenvalue weighted by atomic mass is 16.3. The number of furan rings is 1. The molecule has 0 aliphatic rings. The maximum atomic E-state index is 9.65. The topological polar surface area (TPSA) is 54.8 Å². The van der Waals surface area contributed by atoms with Crippen molar-refractivity contribution in [2.45, 2.75) is 44.9 Å². The minimum Gasteiger partial charge on any atom is -0.455 e. The van der Waals surface area contributed by atoms with Crippen molar-refractivity contribution < 1.29 is 4.42 Å². The fourth-order valence-corrected chi connectivity index (χ4v) is 8.58. The Labute approximate surface area is 322 Å². The number of fused-ring (bicyclic) bond motifs is 4. The number of imidazole rings is 1. The Morgan fingerprint density at radius 3 is 1.71 bits per heavy atom. The largest absolute Gasteiger partial charge is 0.455 e. The summed E-state index contributed by atoms with van der Waals surface area (Å²) in [6.45, 7) is 9.20. The van der Waals surface area contributed by atoms with E-state index in [0.29, 0.717) is 11.1 Å². The van der Waals surface area contributed by atoms with Gasteiger partial charge < -0.3 is 4.42 Å². The second-order valence-corrected chi connectivity index (χ2v) is 15.0. The van der Waals surface area contributed by atoms with Crippen molar-refractivity contribution in [3.63, 3.8) is 0 Å². The van der Waals surface area contributed by atoms with Crippen LogP contribution in [0.25, 0.3) is 50.0 Å². The van der Waals surface area contributed by atoms with Gasteiger partial charge in [-0.05, 0) is 81.6 Å². The molecule has 9 rings (SSSR count). The van der Waals surface area contributed by atoms with Crippen LogP contribution in [0.5, 0.6) is 0 Å². The van der Waals surface area contributed by atoms with Gasteiger partial charge in [-0.25, -0.2) is 4.98 Å². The Morgan fingerprint density at radius 1 is 0.582 bits per heavy atom. The van der Waals surface area contributed by atoms with Gasteiger partial charge in [0.1, 0.15) is 17.0 Å². The summed E-state index contributed by atoms with van der Waals surface area (Å²) in [5.41, 5.74) is 12.8. The van der Waals surface area contributed by atoms with E-state index in [0.717, 1.165) is 44.5 Å². The van der Waals surface area contributed by atoms with Crippen LogP contribution in [0, 0.1) is 11.3 Å². The summed E-state index contributed by atoms with van der Waals surface area (Å²) < 4.78 is 9.01. The molecule has 0 aliphatic heterocycles. The normalized spacial score (nSPS) is 11.9. The summed E-state index contributed by atoms with van der Waals surface area (Å²) in [6, 6.07) is 60.4. The molecule has 0 saturated carbocycles. The van der Waals surface area contributed by atoms with E-state index in [-0.39, 0.29) is 11.8 Å². The zero-order chi connectivity index (χ0) is 37.7. The minimum atomic E-state index is -0.586. The van der Waals surface area contributed by atoms with Gasteiger partial charge in [-0.3, -0.25) is 4.57 Å². The van der Waals surface area contributed by atoms with Crippen LogP contribution >= 0.6 is 0 Å². The van der Waals surface area contributed by atoms with Crippen LogP contribution in [0.4, 0.5) is 0 Å². The van der Waals surface area contributed by atoms with Gasteiger partial charge in [0.05, 0.1) is 39.3 Å². The number of hydrogen-bond donors (Lipinski definition) is 0. The van der Waals surface area contributed by atoms with Gasteiger partial charge in [-0.15, -0.1) is 0 Å². The van der Waals surface area contributed by atoms with Gasteiger partial charge in [0.15, 0.2) is 0 Å². The molecular weight excluding hydrogens is 671 g/mol. The molecule has 9 aromatic rings. The van der Waals surface area contributed by atoms with Crippen molar-refractivity contribution in [2.75, 3.05) is 0 Å². The smallest absolute Gasteiger partial charge is 0.149 e. The van der Waals surface area contributed by atoms with Crippen molar-refractivity contribution >= 4 is 33.0 Å². The lowest BCUT2D eigenvalue weighted by Gasteiger charge is -2.38. The third-order valence-electron chi connectivity index (χ3n) is 11.1. The average molecular weight is 712 g/mol. The average Bonchev–Trinajstić information content (AvgIpc) is 3.80. The van der Waals surface area contributed by atoms with Crippen LogP contribution in [0.1, 0.15) is 78.5 Å². The van der Waals surface area contributed by atoms with Crippen LogP contribution in [0.2, 0.25) is 0 Å². The predicted octanol–water partition coefficient (Wildman–Crippen LogP) is 13.1. The Kier molecular flexibility index (Phi) is 8.44. The lowest BCUT2D eigenvalue weighted by Crippen LogP contribution is -2.31. The molecule has 266 valence electrons. The first kappa shape index (κ1) is 34.1. The molecule has 0 amide bonds. The Bertz CT molecular complexity index is 2750. The number of benzene rings is 7. The lowest BCUT2D eigenvalue weighted by atomic mass is 9.64. The number of nitriles is 1. The summed E-state index contributed by atoms with van der Waals surface area (Å²) in [7, 11) is 0. The van der Waals surface area contributed by atoms with Crippen molar-refractivity contribution in [3.8, 4) is 23.1 Å². The highest BCUT2D eigenvalue weighted by Gasteiger charge is 2.40. The molecule has 0 spiro atoms. The molecule has 0 fully saturated rings. The van der Waals surface area contributed by atoms with Gasteiger partial charge >= 0.3 is 0 Å². The molecule has 0 unspecified atom stereocenters. The first-order valence-corrected chi connectivity index (χ1v) is 19.1. The fourth-order valence-electron chi connectivity index (χ4n) is 8.58. The van der Waals surface area contributed by atoms with Crippen molar-refractivity contribution in [3.05, 3.63) is 203 Å². The fraction of sp³-hybridized carbons (Fsp3) is 0.137. The zero-order valence-electron chi connectivity index (χ0n) is 31.5. The third kappa shape index (κ3) is 5.46. The van der Waals surface area contributed by atoms with Crippen LogP contribution in [0.15, 0.2) is 168 Å². The molecule has 4 nitrogen and oxygen atoms in total. The first-order valence-electron chi connectivity index (χ1n) is 19.1. The summed E-state index contributed by atoms with van der Waals surface area (Å²) in [5.74, 6) is 1.17. The van der Waals surface area contributed by atoms with Crippen LogP contribution in [-0.2, 0) is 5.41 Å². The van der Waals surface area contributed by atoms with Gasteiger partial charge in [0, 0.05) is 10.8 Å². The maximum absolute atomic E-state index is 9.65. The molecule has 0 radical (unpaired) electrons. The van der Waals surface area contributed by atoms with Crippen LogP contribution < -0.4 is 0 Å². The maximum Gasteiger partial charge on any atom is 0.149 e. The second-order valence-electron chi connectivity index (χ2n) is 15.0. The van der Waals surface area contributed by atoms with Gasteiger partial charge in [0.25, 0.3) is 0 Å². The van der Waals surface area contributed by atoms with Crippen molar-refractivity contribution in [1.82, 2.24) is 9.55 Å². The molecule has 55 heavy (non-hydrogen) atoms. The number of para-hydroxylation sites is 3. The Morgan fingerprint density at radius 2 is 1.15 bits per heavy atom. The molecule has 0 N–H and O–H groups in total. The number of nitrogens with zero attached hydrogens (tertiary/aromatic N) is 3. The molecule has 0 aliphatic carbocycles. The summed E-state index contributed by atoms with van der Waals surface area (Å²) >= 11 is 0. The van der Waals surface area contributed by atoms with Gasteiger partial charge in [-0.2, -0.15) is 5.26 Å². The van der Waals surface area contributed by atoms with E-state index in [4.69, 9.17) is 9.40 Å². The molecule has 2 aromatic heterocycles. The van der Waals surface area contributed by atoms with E-state index in [1.165, 1.54) is 33.4 Å². The molecule has 7 aromatic carbocycles. The molecular formula is C51H41N3O. The molecule has 4 heteroatoms. The van der Waals surface area contributed by atoms with Gasteiger partial charge in [-0.1, -0.05) is 155 Å². The SMILES string of the molecule is CC(C)c1cc(C(c2ccccc2)(c2ccccc2)c2ccccc2)cc(C(C)C)c1-n1c(-c2cccc3c2oc2cc(C#N)ccc23)nc2ccccc21. The lowest BCUT2D eigenvalue weighted by molar-refractivity contribution is 0.669. The number of aromatic nitrogens is 2. The van der Waals surface area contributed by atoms with Crippen molar-refractivity contribution in [2.24, 2.45) is 0 Å². The standard InChI is InChI=1S/C51H41N3O/c1-33(2)43-30-39(51(36-17-8-5-9-18-36,37-19-10-6-11-20-37)38-21-12-7-13-22-38)31-44(34(3)4)48(43)54-46-26-15-14-25-45(46)53-50(54)42-24-16-23-41-40-28-27-35(32-52)29-47(40)55-49(41)42/h5-31,33-34H,1-4H3. The molecule has 2 heterocycles. The van der Waals surface area contributed by atoms with Gasteiger partial charge in [0.2, 0.25) is 0 Å². The monoisotopic (exact) mass is 711 g/mol. The van der Waals surface area contributed by atoms with E-state index < -0.39 is 5.41 Å². The highest BCUT2D eigenvalue weighted by Crippen LogP contribution is 2.49. The predicted molar refractivity (Wildman–Crippen MR) is 225 cm³/mol. The minimum absolute atomic E-state index is 0.174. The van der Waals surface area contributed by atoms with E-state index in [2.05, 4.69) is 184 Å². The number of rotatable bonds is 8. The zero-order valence-corrected chi connectivity index (χ0v) is 31.5. The highest BCUT2D eigenvalue weighted by molar-refractivity contribution is 6.09. The van der Waals surface area contributed by atoms with E-state index in [1.807, 2.05) is 18.2 Å². The summed E-state index contributed by atoms with van der Waals surface area (Å²) in [5, 5.41) is 11.6. The Hall–Kier alpha value is -6.70. The second kappa shape index (κ2) is 13.6. The molecule has 0 atom stereocenters. The summed E-state index contributed by atoms with van der Waals surface area (Å²) in [4.78, 5) is 5.38. The van der Waals surface area contributed by atoms with Crippen LogP contribution in [-0.4, -0.2) is 9.55 Å². The summed E-state index contributed by atoms with van der Waals surface area (Å²) in [6.07, 6.45) is 0. The third-order valence-corrected chi connectivity index (χ3v) is 11.1. The van der Waals surface area contributed by atoms with E-state index >= 15 is 0 Å². The van der Waals surface area contributed by atoms with E-state index in [1.54, 1.807) is 0 Å². The van der Waals surface area contributed by atoms with E-state index in [9.17, 15) is 5.26 Å². The molecule has 0 bridgehead atoms.